The van der Waals surface area contributed by atoms with E-state index in [1.165, 1.54) is 0 Å². The third-order valence-corrected chi connectivity index (χ3v) is 2.47. The Morgan fingerprint density at radius 2 is 2.31 bits per heavy atom. The molecule has 13 heavy (non-hydrogen) atoms. The predicted molar refractivity (Wildman–Crippen MR) is 52.9 cm³/mol. The maximum atomic E-state index is 10.7. The average molecular weight is 189 g/mol. The van der Waals surface area contributed by atoms with Gasteiger partial charge in [0, 0.05) is 11.8 Å². The second kappa shape index (κ2) is 3.49. The van der Waals surface area contributed by atoms with Gasteiger partial charge in [-0.2, -0.15) is 11.3 Å². The van der Waals surface area contributed by atoms with Crippen molar-refractivity contribution >= 4 is 17.6 Å². The molecule has 64 valence electrons. The molecular formula is C10H7NOS. The van der Waals surface area contributed by atoms with Crippen LogP contribution in [0.25, 0.3) is 11.1 Å². The Morgan fingerprint density at radius 3 is 3.00 bits per heavy atom. The van der Waals surface area contributed by atoms with E-state index in [-0.39, 0.29) is 0 Å². The zero-order valence-electron chi connectivity index (χ0n) is 6.81. The molecule has 0 spiro atoms. The van der Waals surface area contributed by atoms with E-state index in [0.29, 0.717) is 5.69 Å². The number of carbonyl (C=O) groups is 1. The highest BCUT2D eigenvalue weighted by atomic mass is 32.1. The van der Waals surface area contributed by atoms with Crippen LogP contribution in [-0.2, 0) is 0 Å². The first-order valence-electron chi connectivity index (χ1n) is 3.84. The molecule has 0 radical (unpaired) electrons. The minimum atomic E-state index is 0.501. The summed E-state index contributed by atoms with van der Waals surface area (Å²) in [6.45, 7) is 0. The topological polar surface area (TPSA) is 30.0 Å². The van der Waals surface area contributed by atoms with Crippen LogP contribution in [0.2, 0.25) is 0 Å². The number of hydrogen-bond donors (Lipinski definition) is 0. The molecule has 0 unspecified atom stereocenters. The second-order valence-corrected chi connectivity index (χ2v) is 3.35. The van der Waals surface area contributed by atoms with E-state index in [9.17, 15) is 4.79 Å². The summed E-state index contributed by atoms with van der Waals surface area (Å²) in [6.07, 6.45) is 2.41. The minimum absolute atomic E-state index is 0.501. The van der Waals surface area contributed by atoms with Crippen LogP contribution in [0.3, 0.4) is 0 Å². The Kier molecular flexibility index (Phi) is 2.19. The SMILES string of the molecule is O=Cc1ncccc1-c1ccsc1. The fourth-order valence-corrected chi connectivity index (χ4v) is 1.83. The first-order valence-corrected chi connectivity index (χ1v) is 4.79. The lowest BCUT2D eigenvalue weighted by atomic mass is 10.1. The van der Waals surface area contributed by atoms with Crippen LogP contribution in [-0.4, -0.2) is 11.3 Å². The van der Waals surface area contributed by atoms with E-state index in [2.05, 4.69) is 4.98 Å². The summed E-state index contributed by atoms with van der Waals surface area (Å²) in [5, 5.41) is 3.99. The Labute approximate surface area is 79.9 Å². The lowest BCUT2D eigenvalue weighted by molar-refractivity contribution is 0.111. The standard InChI is InChI=1S/C10H7NOS/c12-6-10-9(2-1-4-11-10)8-3-5-13-7-8/h1-7H. The van der Waals surface area contributed by atoms with Gasteiger partial charge in [-0.15, -0.1) is 0 Å². The van der Waals surface area contributed by atoms with Gasteiger partial charge in [0.15, 0.2) is 6.29 Å². The zero-order chi connectivity index (χ0) is 9.10. The highest BCUT2D eigenvalue weighted by Crippen LogP contribution is 2.23. The Morgan fingerprint density at radius 1 is 1.38 bits per heavy atom. The molecule has 2 nitrogen and oxygen atoms in total. The summed E-state index contributed by atoms with van der Waals surface area (Å²) < 4.78 is 0. The number of rotatable bonds is 2. The van der Waals surface area contributed by atoms with Crippen molar-refractivity contribution in [1.82, 2.24) is 4.98 Å². The maximum absolute atomic E-state index is 10.7. The van der Waals surface area contributed by atoms with Gasteiger partial charge in [0.25, 0.3) is 0 Å². The van der Waals surface area contributed by atoms with Crippen LogP contribution in [0.15, 0.2) is 35.2 Å². The number of thiophene rings is 1. The molecule has 0 saturated heterocycles. The zero-order valence-corrected chi connectivity index (χ0v) is 7.62. The van der Waals surface area contributed by atoms with Gasteiger partial charge >= 0.3 is 0 Å². The van der Waals surface area contributed by atoms with Crippen LogP contribution in [0.4, 0.5) is 0 Å². The lowest BCUT2D eigenvalue weighted by Gasteiger charge is -1.98. The van der Waals surface area contributed by atoms with Crippen LogP contribution in [0.1, 0.15) is 10.5 Å². The van der Waals surface area contributed by atoms with Gasteiger partial charge in [-0.3, -0.25) is 9.78 Å². The van der Waals surface area contributed by atoms with E-state index in [4.69, 9.17) is 0 Å². The van der Waals surface area contributed by atoms with Crippen molar-refractivity contribution in [3.8, 4) is 11.1 Å². The van der Waals surface area contributed by atoms with E-state index < -0.39 is 0 Å². The molecule has 2 rings (SSSR count). The van der Waals surface area contributed by atoms with Gasteiger partial charge in [0.2, 0.25) is 0 Å². The van der Waals surface area contributed by atoms with Gasteiger partial charge < -0.3 is 0 Å². The van der Waals surface area contributed by atoms with Gasteiger partial charge in [-0.1, -0.05) is 6.07 Å². The average Bonchev–Trinajstić information content (AvgIpc) is 2.70. The highest BCUT2D eigenvalue weighted by molar-refractivity contribution is 7.08. The summed E-state index contributed by atoms with van der Waals surface area (Å²) in [4.78, 5) is 14.7. The molecule has 3 heteroatoms. The number of carbonyl (C=O) groups excluding carboxylic acids is 1. The maximum Gasteiger partial charge on any atom is 0.169 e. The molecule has 0 fully saturated rings. The first-order chi connectivity index (χ1) is 6.42. The number of hydrogen-bond acceptors (Lipinski definition) is 3. The summed E-state index contributed by atoms with van der Waals surface area (Å²) in [5.74, 6) is 0. The third-order valence-electron chi connectivity index (χ3n) is 1.78. The molecule has 0 bridgehead atoms. The molecule has 0 N–H and O–H groups in total. The fourth-order valence-electron chi connectivity index (χ4n) is 1.17. The molecule has 0 saturated carbocycles. The molecule has 0 atom stereocenters. The van der Waals surface area contributed by atoms with Crippen molar-refractivity contribution in [3.05, 3.63) is 40.8 Å². The van der Waals surface area contributed by atoms with Crippen molar-refractivity contribution in [2.75, 3.05) is 0 Å². The fraction of sp³-hybridized carbons (Fsp3) is 0. The van der Waals surface area contributed by atoms with Gasteiger partial charge in [0.05, 0.1) is 0 Å². The highest BCUT2D eigenvalue weighted by Gasteiger charge is 2.03. The van der Waals surface area contributed by atoms with Gasteiger partial charge in [-0.25, -0.2) is 0 Å². The molecule has 2 aromatic heterocycles. The lowest BCUT2D eigenvalue weighted by Crippen LogP contribution is -1.89. The van der Waals surface area contributed by atoms with Crippen molar-refractivity contribution in [2.45, 2.75) is 0 Å². The predicted octanol–water partition coefficient (Wildman–Crippen LogP) is 2.62. The number of aromatic nitrogens is 1. The van der Waals surface area contributed by atoms with E-state index in [0.717, 1.165) is 17.4 Å². The van der Waals surface area contributed by atoms with Gasteiger partial charge in [0.1, 0.15) is 5.69 Å². The van der Waals surface area contributed by atoms with E-state index in [1.54, 1.807) is 17.5 Å². The molecule has 0 aliphatic heterocycles. The smallest absolute Gasteiger partial charge is 0.169 e. The van der Waals surface area contributed by atoms with Crippen molar-refractivity contribution in [1.29, 1.82) is 0 Å². The molecule has 0 aliphatic carbocycles. The van der Waals surface area contributed by atoms with Crippen LogP contribution >= 0.6 is 11.3 Å². The Balaban J connectivity index is 2.57. The summed E-state index contributed by atoms with van der Waals surface area (Å²) in [6, 6.07) is 5.72. The Bertz CT molecular complexity index is 409. The van der Waals surface area contributed by atoms with Crippen molar-refractivity contribution < 1.29 is 4.79 Å². The van der Waals surface area contributed by atoms with Crippen LogP contribution in [0.5, 0.6) is 0 Å². The van der Waals surface area contributed by atoms with E-state index in [1.807, 2.05) is 29.0 Å². The molecule has 2 heterocycles. The number of aldehydes is 1. The number of nitrogens with zero attached hydrogens (tertiary/aromatic N) is 1. The summed E-state index contributed by atoms with van der Waals surface area (Å²) in [5.41, 5.74) is 2.46. The third kappa shape index (κ3) is 1.51. The quantitative estimate of drug-likeness (QED) is 0.680. The summed E-state index contributed by atoms with van der Waals surface area (Å²) >= 11 is 1.61. The van der Waals surface area contributed by atoms with Gasteiger partial charge in [-0.05, 0) is 28.5 Å². The summed E-state index contributed by atoms with van der Waals surface area (Å²) in [7, 11) is 0. The number of pyridine rings is 1. The normalized spacial score (nSPS) is 9.85. The second-order valence-electron chi connectivity index (χ2n) is 2.57. The first kappa shape index (κ1) is 8.13. The monoisotopic (exact) mass is 189 g/mol. The Hall–Kier alpha value is -1.48. The van der Waals surface area contributed by atoms with Crippen molar-refractivity contribution in [3.63, 3.8) is 0 Å². The van der Waals surface area contributed by atoms with E-state index >= 15 is 0 Å². The van der Waals surface area contributed by atoms with Crippen molar-refractivity contribution in [2.24, 2.45) is 0 Å². The minimum Gasteiger partial charge on any atom is -0.296 e. The molecule has 0 aromatic carbocycles. The molecule has 0 aliphatic rings. The largest absolute Gasteiger partial charge is 0.296 e. The molecule has 0 amide bonds. The molecular weight excluding hydrogens is 182 g/mol. The van der Waals surface area contributed by atoms with Crippen LogP contribution < -0.4 is 0 Å². The molecule has 2 aromatic rings. The van der Waals surface area contributed by atoms with Crippen LogP contribution in [0, 0.1) is 0 Å².